The summed E-state index contributed by atoms with van der Waals surface area (Å²) in [6, 6.07) is 0.0156. The fourth-order valence-electron chi connectivity index (χ4n) is 1.89. The van der Waals surface area contributed by atoms with E-state index in [1.54, 1.807) is 11.3 Å². The maximum absolute atomic E-state index is 9.42. The van der Waals surface area contributed by atoms with Crippen molar-refractivity contribution in [2.75, 3.05) is 11.9 Å². The third kappa shape index (κ3) is 2.47. The summed E-state index contributed by atoms with van der Waals surface area (Å²) in [5, 5.41) is 15.9. The molecule has 0 fully saturated rings. The van der Waals surface area contributed by atoms with Crippen LogP contribution < -0.4 is 5.32 Å². The lowest BCUT2D eigenvalue weighted by atomic mass is 10.1. The molecule has 4 nitrogen and oxygen atoms in total. The van der Waals surface area contributed by atoms with Gasteiger partial charge < -0.3 is 10.4 Å². The number of nitrogens with zero attached hydrogens (tertiary/aromatic N) is 2. The SMILES string of the molecule is Cc1nc(N[C@H](CO)C(C)C)c2c(C)csc2n1. The predicted octanol–water partition coefficient (Wildman–Crippen LogP) is 2.74. The molecule has 0 aliphatic rings. The Kier molecular flexibility index (Phi) is 3.82. The van der Waals surface area contributed by atoms with Crippen LogP contribution in [-0.2, 0) is 0 Å². The first-order chi connectivity index (χ1) is 8.52. The maximum atomic E-state index is 9.42. The van der Waals surface area contributed by atoms with Crippen LogP contribution in [-0.4, -0.2) is 27.7 Å². The lowest BCUT2D eigenvalue weighted by Crippen LogP contribution is -2.30. The fraction of sp³-hybridized carbons (Fsp3) is 0.538. The lowest BCUT2D eigenvalue weighted by molar-refractivity contribution is 0.249. The van der Waals surface area contributed by atoms with E-state index in [2.05, 4.69) is 41.4 Å². The Balaban J connectivity index is 2.45. The van der Waals surface area contributed by atoms with Gasteiger partial charge in [0.15, 0.2) is 0 Å². The molecule has 0 saturated heterocycles. The minimum absolute atomic E-state index is 0.0156. The largest absolute Gasteiger partial charge is 0.394 e. The highest BCUT2D eigenvalue weighted by Gasteiger charge is 2.16. The van der Waals surface area contributed by atoms with Crippen LogP contribution in [0.1, 0.15) is 25.2 Å². The summed E-state index contributed by atoms with van der Waals surface area (Å²) >= 11 is 1.63. The Morgan fingerprint density at radius 3 is 2.67 bits per heavy atom. The van der Waals surface area contributed by atoms with Gasteiger partial charge in [0.05, 0.1) is 18.0 Å². The number of rotatable bonds is 4. The van der Waals surface area contributed by atoms with Gasteiger partial charge in [-0.15, -0.1) is 11.3 Å². The molecule has 2 N–H and O–H groups in total. The third-order valence-corrected chi connectivity index (χ3v) is 4.04. The molecular weight excluding hydrogens is 246 g/mol. The normalized spacial score (nSPS) is 13.2. The summed E-state index contributed by atoms with van der Waals surface area (Å²) in [5.74, 6) is 1.94. The number of fused-ring (bicyclic) bond motifs is 1. The van der Waals surface area contributed by atoms with E-state index in [4.69, 9.17) is 0 Å². The number of hydrogen-bond acceptors (Lipinski definition) is 5. The van der Waals surface area contributed by atoms with Crippen molar-refractivity contribution in [2.45, 2.75) is 33.7 Å². The first-order valence-corrected chi connectivity index (χ1v) is 7.00. The number of aliphatic hydroxyl groups is 1. The number of anilines is 1. The second-order valence-electron chi connectivity index (χ2n) is 4.90. The molecule has 0 unspecified atom stereocenters. The average molecular weight is 265 g/mol. The van der Waals surface area contributed by atoms with Crippen molar-refractivity contribution in [3.05, 3.63) is 16.8 Å². The fourth-order valence-corrected chi connectivity index (χ4v) is 2.86. The van der Waals surface area contributed by atoms with Gasteiger partial charge in [0.25, 0.3) is 0 Å². The van der Waals surface area contributed by atoms with E-state index in [9.17, 15) is 5.11 Å². The van der Waals surface area contributed by atoms with E-state index in [-0.39, 0.29) is 12.6 Å². The minimum Gasteiger partial charge on any atom is -0.394 e. The van der Waals surface area contributed by atoms with Crippen LogP contribution in [0.3, 0.4) is 0 Å². The van der Waals surface area contributed by atoms with E-state index in [0.717, 1.165) is 21.9 Å². The molecular formula is C13H19N3OS. The van der Waals surface area contributed by atoms with Gasteiger partial charge >= 0.3 is 0 Å². The van der Waals surface area contributed by atoms with Gasteiger partial charge in [0.1, 0.15) is 16.5 Å². The molecule has 98 valence electrons. The summed E-state index contributed by atoms with van der Waals surface area (Å²) in [7, 11) is 0. The zero-order valence-electron chi connectivity index (χ0n) is 11.2. The van der Waals surface area contributed by atoms with E-state index in [0.29, 0.717) is 5.92 Å². The molecule has 0 spiro atoms. The first kappa shape index (κ1) is 13.2. The summed E-state index contributed by atoms with van der Waals surface area (Å²) in [6.45, 7) is 8.22. The maximum Gasteiger partial charge on any atom is 0.139 e. The molecule has 5 heteroatoms. The van der Waals surface area contributed by atoms with Crippen LogP contribution in [0.4, 0.5) is 5.82 Å². The molecule has 2 heterocycles. The van der Waals surface area contributed by atoms with E-state index < -0.39 is 0 Å². The summed E-state index contributed by atoms with van der Waals surface area (Å²) in [5.41, 5.74) is 1.18. The third-order valence-electron chi connectivity index (χ3n) is 3.05. The van der Waals surface area contributed by atoms with Crippen LogP contribution >= 0.6 is 11.3 Å². The van der Waals surface area contributed by atoms with Crippen molar-refractivity contribution in [1.29, 1.82) is 0 Å². The van der Waals surface area contributed by atoms with Crippen molar-refractivity contribution < 1.29 is 5.11 Å². The smallest absolute Gasteiger partial charge is 0.139 e. The van der Waals surface area contributed by atoms with Crippen molar-refractivity contribution in [3.8, 4) is 0 Å². The zero-order valence-corrected chi connectivity index (χ0v) is 12.0. The molecule has 0 radical (unpaired) electrons. The molecule has 0 saturated carbocycles. The monoisotopic (exact) mass is 265 g/mol. The lowest BCUT2D eigenvalue weighted by Gasteiger charge is -2.21. The standard InChI is InChI=1S/C13H19N3OS/c1-7(2)10(5-17)16-12-11-8(3)6-18-13(11)15-9(4)14-12/h6-7,10,17H,5H2,1-4H3,(H,14,15,16)/t10-/m1/s1. The van der Waals surface area contributed by atoms with Crippen molar-refractivity contribution in [1.82, 2.24) is 9.97 Å². The highest BCUT2D eigenvalue weighted by atomic mass is 32.1. The second-order valence-corrected chi connectivity index (χ2v) is 5.75. The molecule has 0 aliphatic heterocycles. The van der Waals surface area contributed by atoms with Crippen LogP contribution in [0.15, 0.2) is 5.38 Å². The van der Waals surface area contributed by atoms with Gasteiger partial charge in [-0.1, -0.05) is 13.8 Å². The number of aliphatic hydroxyl groups excluding tert-OH is 1. The molecule has 0 bridgehead atoms. The van der Waals surface area contributed by atoms with Crippen LogP contribution in [0.5, 0.6) is 0 Å². The minimum atomic E-state index is 0.0156. The zero-order chi connectivity index (χ0) is 13.3. The summed E-state index contributed by atoms with van der Waals surface area (Å²) in [4.78, 5) is 9.92. The number of hydrogen-bond donors (Lipinski definition) is 2. The predicted molar refractivity (Wildman–Crippen MR) is 76.2 cm³/mol. The Morgan fingerprint density at radius 1 is 1.33 bits per heavy atom. The van der Waals surface area contributed by atoms with Crippen LogP contribution in [0, 0.1) is 19.8 Å². The van der Waals surface area contributed by atoms with Crippen LogP contribution in [0.2, 0.25) is 0 Å². The van der Waals surface area contributed by atoms with Crippen molar-refractivity contribution in [2.24, 2.45) is 5.92 Å². The molecule has 18 heavy (non-hydrogen) atoms. The molecule has 1 atom stereocenters. The van der Waals surface area contributed by atoms with Gasteiger partial charge in [0, 0.05) is 0 Å². The number of aromatic nitrogens is 2. The number of thiophene rings is 1. The highest BCUT2D eigenvalue weighted by molar-refractivity contribution is 7.17. The summed E-state index contributed by atoms with van der Waals surface area (Å²) < 4.78 is 0. The molecule has 2 aromatic rings. The molecule has 0 amide bonds. The van der Waals surface area contributed by atoms with Crippen molar-refractivity contribution >= 4 is 27.4 Å². The highest BCUT2D eigenvalue weighted by Crippen LogP contribution is 2.30. The van der Waals surface area contributed by atoms with Gasteiger partial charge in [-0.3, -0.25) is 0 Å². The quantitative estimate of drug-likeness (QED) is 0.892. The van der Waals surface area contributed by atoms with Gasteiger partial charge in [-0.05, 0) is 30.7 Å². The Labute approximate surface area is 111 Å². The number of aryl methyl sites for hydroxylation is 2. The first-order valence-electron chi connectivity index (χ1n) is 6.12. The van der Waals surface area contributed by atoms with Crippen molar-refractivity contribution in [3.63, 3.8) is 0 Å². The van der Waals surface area contributed by atoms with Gasteiger partial charge in [-0.2, -0.15) is 0 Å². The van der Waals surface area contributed by atoms with Gasteiger partial charge in [0.2, 0.25) is 0 Å². The summed E-state index contributed by atoms with van der Waals surface area (Å²) in [6.07, 6.45) is 0. The number of nitrogens with one attached hydrogen (secondary N) is 1. The molecule has 2 aromatic heterocycles. The topological polar surface area (TPSA) is 58.0 Å². The molecule has 0 aliphatic carbocycles. The second kappa shape index (κ2) is 5.20. The Morgan fingerprint density at radius 2 is 2.06 bits per heavy atom. The van der Waals surface area contributed by atoms with E-state index in [1.807, 2.05) is 6.92 Å². The Bertz CT molecular complexity index is 550. The van der Waals surface area contributed by atoms with E-state index in [1.165, 1.54) is 5.56 Å². The van der Waals surface area contributed by atoms with E-state index >= 15 is 0 Å². The average Bonchev–Trinajstić information content (AvgIpc) is 2.67. The molecule has 2 rings (SSSR count). The molecule has 0 aromatic carbocycles. The Hall–Kier alpha value is -1.20. The van der Waals surface area contributed by atoms with Crippen LogP contribution in [0.25, 0.3) is 10.2 Å². The van der Waals surface area contributed by atoms with Gasteiger partial charge in [-0.25, -0.2) is 9.97 Å².